The van der Waals surface area contributed by atoms with Gasteiger partial charge in [0.15, 0.2) is 0 Å². The van der Waals surface area contributed by atoms with Gasteiger partial charge in [-0.25, -0.2) is 0 Å². The molecule has 6 heteroatoms. The summed E-state index contributed by atoms with van der Waals surface area (Å²) in [6, 6.07) is 7.35. The first-order valence-corrected chi connectivity index (χ1v) is 13.3. The Morgan fingerprint density at radius 2 is 1.59 bits per heavy atom. The van der Waals surface area contributed by atoms with Gasteiger partial charge in [-0.3, -0.25) is 16.2 Å². The zero-order valence-electron chi connectivity index (χ0n) is 19.9. The lowest BCUT2D eigenvalue weighted by Crippen LogP contribution is -2.59. The second kappa shape index (κ2) is 9.22. The first kappa shape index (κ1) is 22.6. The molecular formula is C26H42N6. The van der Waals surface area contributed by atoms with E-state index in [1.165, 1.54) is 57.8 Å². The van der Waals surface area contributed by atoms with E-state index in [0.717, 1.165) is 24.8 Å². The van der Waals surface area contributed by atoms with E-state index >= 15 is 0 Å². The Bertz CT molecular complexity index is 744. The van der Waals surface area contributed by atoms with E-state index in [2.05, 4.69) is 47.5 Å². The van der Waals surface area contributed by atoms with Gasteiger partial charge in [-0.1, -0.05) is 0 Å². The summed E-state index contributed by atoms with van der Waals surface area (Å²) in [7, 11) is 0. The first-order valence-electron chi connectivity index (χ1n) is 13.3. The smallest absolute Gasteiger partial charge is 0.0955 e. The van der Waals surface area contributed by atoms with Crippen LogP contribution in [-0.2, 0) is 0 Å². The second-order valence-electron chi connectivity index (χ2n) is 12.1. The standard InChI is InChI=1S/C26H42N6/c1-26(2,15-28)18-9-6-16(7-10-18)25-24-20-12-17(21-5-3-4-19(13-27)30-21)8-11-22(20)29-14-23(24)31-32-25/h16-25,29-32H,3-12,14H2,1-2H3. The molecule has 0 spiro atoms. The van der Waals surface area contributed by atoms with E-state index in [1.54, 1.807) is 0 Å². The van der Waals surface area contributed by atoms with Gasteiger partial charge >= 0.3 is 0 Å². The van der Waals surface area contributed by atoms with Gasteiger partial charge in [0.2, 0.25) is 0 Å². The Hall–Kier alpha value is -1.18. The molecule has 2 aliphatic carbocycles. The number of piperidine rings is 2. The number of fused-ring (bicyclic) bond motifs is 3. The summed E-state index contributed by atoms with van der Waals surface area (Å²) in [5.41, 5.74) is 7.25. The van der Waals surface area contributed by atoms with Crippen LogP contribution in [0.1, 0.15) is 78.1 Å². The van der Waals surface area contributed by atoms with Crippen molar-refractivity contribution >= 4 is 0 Å². The van der Waals surface area contributed by atoms with Crippen LogP contribution in [0.4, 0.5) is 0 Å². The monoisotopic (exact) mass is 438 g/mol. The fourth-order valence-corrected chi connectivity index (χ4v) is 8.12. The van der Waals surface area contributed by atoms with Crippen molar-refractivity contribution in [1.82, 2.24) is 21.5 Å². The third-order valence-electron chi connectivity index (χ3n) is 10.1. The maximum absolute atomic E-state index is 9.57. The van der Waals surface area contributed by atoms with Gasteiger partial charge in [-0.15, -0.1) is 0 Å². The zero-order valence-corrected chi connectivity index (χ0v) is 19.9. The minimum atomic E-state index is -0.195. The molecule has 4 N–H and O–H groups in total. The Labute approximate surface area is 194 Å². The largest absolute Gasteiger partial charge is 0.312 e. The molecule has 5 rings (SSSR count). The minimum Gasteiger partial charge on any atom is -0.312 e. The van der Waals surface area contributed by atoms with Gasteiger partial charge in [0.05, 0.1) is 23.6 Å². The molecule has 2 saturated carbocycles. The number of hydrogen-bond donors (Lipinski definition) is 4. The van der Waals surface area contributed by atoms with Crippen LogP contribution in [0.5, 0.6) is 0 Å². The SMILES string of the molecule is CC(C)(C#N)C1CCC(C2NNC3CNC4CCC(C5CCCC(C#N)N5)CC4C32)CC1. The molecule has 0 bridgehead atoms. The summed E-state index contributed by atoms with van der Waals surface area (Å²) in [4.78, 5) is 0. The molecule has 0 amide bonds. The van der Waals surface area contributed by atoms with Crippen molar-refractivity contribution in [2.45, 2.75) is 108 Å². The molecule has 32 heavy (non-hydrogen) atoms. The van der Waals surface area contributed by atoms with Gasteiger partial charge in [0, 0.05) is 30.7 Å². The normalized spacial score (nSPS) is 47.0. The first-order chi connectivity index (χ1) is 15.5. The number of hydrogen-bond acceptors (Lipinski definition) is 6. The fourth-order valence-electron chi connectivity index (χ4n) is 8.12. The molecule has 3 heterocycles. The topological polar surface area (TPSA) is 95.7 Å². The highest BCUT2D eigenvalue weighted by Crippen LogP contribution is 2.47. The zero-order chi connectivity index (χ0) is 22.3. The Morgan fingerprint density at radius 3 is 2.34 bits per heavy atom. The molecule has 3 saturated heterocycles. The van der Waals surface area contributed by atoms with Gasteiger partial charge in [0.25, 0.3) is 0 Å². The lowest BCUT2D eigenvalue weighted by atomic mass is 9.61. The summed E-state index contributed by atoms with van der Waals surface area (Å²) in [5, 5.41) is 26.6. The highest BCUT2D eigenvalue weighted by molar-refractivity contribution is 5.09. The molecule has 0 aromatic rings. The quantitative estimate of drug-likeness (QED) is 0.540. The van der Waals surface area contributed by atoms with E-state index < -0.39 is 0 Å². The molecule has 3 aliphatic heterocycles. The Balaban J connectivity index is 1.26. The highest BCUT2D eigenvalue weighted by atomic mass is 15.4. The highest BCUT2D eigenvalue weighted by Gasteiger charge is 2.52. The molecule has 8 unspecified atom stereocenters. The van der Waals surface area contributed by atoms with Gasteiger partial charge in [0.1, 0.15) is 0 Å². The van der Waals surface area contributed by atoms with Crippen LogP contribution in [0.3, 0.4) is 0 Å². The van der Waals surface area contributed by atoms with Crippen molar-refractivity contribution < 1.29 is 0 Å². The summed E-state index contributed by atoms with van der Waals surface area (Å²) in [6.07, 6.45) is 12.2. The summed E-state index contributed by atoms with van der Waals surface area (Å²) < 4.78 is 0. The molecule has 6 nitrogen and oxygen atoms in total. The van der Waals surface area contributed by atoms with E-state index in [-0.39, 0.29) is 11.5 Å². The molecule has 0 aromatic carbocycles. The maximum Gasteiger partial charge on any atom is 0.0955 e. The van der Waals surface area contributed by atoms with E-state index in [4.69, 9.17) is 0 Å². The molecule has 0 aromatic heterocycles. The molecule has 176 valence electrons. The molecule has 5 fully saturated rings. The Morgan fingerprint density at radius 1 is 0.812 bits per heavy atom. The van der Waals surface area contributed by atoms with Crippen LogP contribution in [0.25, 0.3) is 0 Å². The molecule has 8 atom stereocenters. The van der Waals surface area contributed by atoms with Crippen molar-refractivity contribution in [3.63, 3.8) is 0 Å². The number of nitrogens with zero attached hydrogens (tertiary/aromatic N) is 2. The summed E-state index contributed by atoms with van der Waals surface area (Å²) in [6.45, 7) is 5.33. The second-order valence-corrected chi connectivity index (χ2v) is 12.1. The van der Waals surface area contributed by atoms with Crippen LogP contribution < -0.4 is 21.5 Å². The molecule has 5 aliphatic rings. The summed E-state index contributed by atoms with van der Waals surface area (Å²) >= 11 is 0. The van der Waals surface area contributed by atoms with E-state index in [0.29, 0.717) is 41.9 Å². The average Bonchev–Trinajstić information content (AvgIpc) is 3.28. The van der Waals surface area contributed by atoms with Gasteiger partial charge in [-0.05, 0) is 108 Å². The average molecular weight is 439 g/mol. The fraction of sp³-hybridized carbons (Fsp3) is 0.923. The van der Waals surface area contributed by atoms with Crippen LogP contribution in [0, 0.1) is 57.7 Å². The van der Waals surface area contributed by atoms with Gasteiger partial charge in [-0.2, -0.15) is 10.5 Å². The maximum atomic E-state index is 9.57. The van der Waals surface area contributed by atoms with Crippen LogP contribution in [-0.4, -0.2) is 36.8 Å². The molecule has 0 radical (unpaired) electrons. The third kappa shape index (κ3) is 4.21. The van der Waals surface area contributed by atoms with E-state index in [1.807, 2.05) is 0 Å². The summed E-state index contributed by atoms with van der Waals surface area (Å²) in [5.74, 6) is 3.39. The number of nitriles is 2. The van der Waals surface area contributed by atoms with Crippen molar-refractivity contribution in [1.29, 1.82) is 10.5 Å². The van der Waals surface area contributed by atoms with Gasteiger partial charge < -0.3 is 5.32 Å². The van der Waals surface area contributed by atoms with Crippen molar-refractivity contribution in [2.24, 2.45) is 35.0 Å². The van der Waals surface area contributed by atoms with Crippen molar-refractivity contribution in [3.8, 4) is 12.1 Å². The predicted molar refractivity (Wildman–Crippen MR) is 125 cm³/mol. The predicted octanol–water partition coefficient (Wildman–Crippen LogP) is 3.23. The minimum absolute atomic E-state index is 0.0547. The molecular weight excluding hydrogens is 396 g/mol. The number of hydrazine groups is 1. The third-order valence-corrected chi connectivity index (χ3v) is 10.1. The van der Waals surface area contributed by atoms with Crippen molar-refractivity contribution in [3.05, 3.63) is 0 Å². The lowest BCUT2D eigenvalue weighted by Gasteiger charge is -2.50. The Kier molecular flexibility index (Phi) is 6.52. The van der Waals surface area contributed by atoms with Crippen LogP contribution in [0.15, 0.2) is 0 Å². The van der Waals surface area contributed by atoms with Crippen LogP contribution in [0.2, 0.25) is 0 Å². The van der Waals surface area contributed by atoms with E-state index in [9.17, 15) is 10.5 Å². The number of nitrogens with one attached hydrogen (secondary N) is 4. The van der Waals surface area contributed by atoms with Crippen LogP contribution >= 0.6 is 0 Å². The lowest BCUT2D eigenvalue weighted by molar-refractivity contribution is 0.0519. The van der Waals surface area contributed by atoms with Crippen molar-refractivity contribution in [2.75, 3.05) is 6.54 Å². The number of rotatable bonds is 3.